The second kappa shape index (κ2) is 43.8. The van der Waals surface area contributed by atoms with Gasteiger partial charge < -0.3 is 9.11 Å². The zero-order valence-corrected chi connectivity index (χ0v) is 26.4. The molecule has 0 spiro atoms. The molecule has 14 heavy (non-hydrogen) atoms. The molecular weight excluding hydrogens is 1200 g/mol. The maximum atomic E-state index is 8.52. The Morgan fingerprint density at radius 1 is 0.643 bits per heavy atom. The average Bonchev–Trinajstić information content (AvgIpc) is 2.14. The number of hydrogen-bond acceptors (Lipinski definition) is 8. The van der Waals surface area contributed by atoms with Crippen LogP contribution in [0.15, 0.2) is 0 Å². The molecule has 0 aliphatic heterocycles. The topological polar surface area (TPSA) is 149 Å². The molecule has 8 nitrogen and oxygen atoms in total. The Morgan fingerprint density at radius 2 is 0.643 bits per heavy atom. The molecule has 0 fully saturated rings. The predicted octanol–water partition coefficient (Wildman–Crippen LogP) is -3.72. The Morgan fingerprint density at radius 3 is 0.643 bits per heavy atom. The van der Waals surface area contributed by atoms with Crippen LogP contribution in [0.25, 0.3) is 0 Å². The van der Waals surface area contributed by atoms with Gasteiger partial charge in [-0.15, -0.1) is 0 Å². The summed E-state index contributed by atoms with van der Waals surface area (Å²) in [5.41, 5.74) is 0. The van der Waals surface area contributed by atoms with E-state index in [2.05, 4.69) is 0 Å². The van der Waals surface area contributed by atoms with E-state index in [0.29, 0.717) is 0 Å². The van der Waals surface area contributed by atoms with Gasteiger partial charge in [0.05, 0.1) is 0 Å². The average molecular weight is 1200 g/mol. The molecule has 0 aliphatic rings. The van der Waals surface area contributed by atoms with Gasteiger partial charge in [0.2, 0.25) is 0 Å². The van der Waals surface area contributed by atoms with Gasteiger partial charge in [-0.2, -0.15) is 0 Å². The summed E-state index contributed by atoms with van der Waals surface area (Å²) in [4.78, 5) is 0. The van der Waals surface area contributed by atoms with Gasteiger partial charge in [-0.05, 0) is 0 Å². The molecule has 0 atom stereocenters. The fourth-order valence-electron chi connectivity index (χ4n) is 0. The molecule has 0 N–H and O–H groups in total. The maximum absolute atomic E-state index is 8.52. The van der Waals surface area contributed by atoms with E-state index in [1.165, 1.54) is 0 Å². The molecular formula is O8Pb5S. The van der Waals surface area contributed by atoms with Crippen molar-refractivity contribution in [3.63, 3.8) is 0 Å². The molecule has 0 unspecified atom stereocenters. The largest absolute Gasteiger partial charge is 2.00 e. The summed E-state index contributed by atoms with van der Waals surface area (Å²) in [6.45, 7) is 0. The van der Waals surface area contributed by atoms with Crippen molar-refractivity contribution in [2.45, 2.75) is 0 Å². The van der Waals surface area contributed by atoms with Crippen LogP contribution in [0, 0.1) is 0 Å². The van der Waals surface area contributed by atoms with Crippen LogP contribution in [0.2, 0.25) is 0 Å². The SMILES string of the molecule is O=S(=O)([O-])[O-].[O]=[Pb].[O]=[Pb].[O]=[Pb].[O]=[Pb].[Pb+2]. The predicted molar refractivity (Wildman–Crippen MR) is 42.0 cm³/mol. The third-order valence-electron chi connectivity index (χ3n) is 0. The van der Waals surface area contributed by atoms with Gasteiger partial charge in [-0.1, -0.05) is 0 Å². The molecule has 0 aromatic carbocycles. The number of rotatable bonds is 0. The van der Waals surface area contributed by atoms with Crippen molar-refractivity contribution in [1.82, 2.24) is 0 Å². The van der Waals surface area contributed by atoms with Crippen molar-refractivity contribution in [3.8, 4) is 0 Å². The summed E-state index contributed by atoms with van der Waals surface area (Å²) < 4.78 is 67.6. The van der Waals surface area contributed by atoms with Crippen LogP contribution >= 0.6 is 0 Å². The van der Waals surface area contributed by atoms with Crippen molar-refractivity contribution >= 4 is 141 Å². The molecule has 0 heterocycles. The van der Waals surface area contributed by atoms with Gasteiger partial charge in [-0.3, -0.25) is 8.42 Å². The molecule has 14 heteroatoms. The Hall–Kier alpha value is 3.68. The van der Waals surface area contributed by atoms with E-state index in [1.54, 1.807) is 0 Å². The van der Waals surface area contributed by atoms with Crippen LogP contribution < -0.4 is 0 Å². The van der Waals surface area contributed by atoms with Crippen molar-refractivity contribution < 1.29 is 28.3 Å². The van der Waals surface area contributed by atoms with Crippen LogP contribution in [0.3, 0.4) is 0 Å². The van der Waals surface area contributed by atoms with Crippen LogP contribution in [-0.4, -0.2) is 148 Å². The smallest absolute Gasteiger partial charge is 2.00 e. The van der Waals surface area contributed by atoms with E-state index in [9.17, 15) is 0 Å². The molecule has 0 aliphatic carbocycles. The van der Waals surface area contributed by atoms with Gasteiger partial charge in [-0.25, -0.2) is 0 Å². The fourth-order valence-corrected chi connectivity index (χ4v) is 0. The van der Waals surface area contributed by atoms with Gasteiger partial charge >= 0.3 is 141 Å². The second-order valence-corrected chi connectivity index (χ2v) is 1.22. The van der Waals surface area contributed by atoms with E-state index in [1.807, 2.05) is 0 Å². The van der Waals surface area contributed by atoms with Gasteiger partial charge in [0, 0.05) is 10.4 Å². The first-order chi connectivity index (χ1) is 6.00. The Balaban J connectivity index is -0.0000000156. The second-order valence-electron chi connectivity index (χ2n) is 0.408. The summed E-state index contributed by atoms with van der Waals surface area (Å²) in [5.74, 6) is 0. The first-order valence-electron chi connectivity index (χ1n) is 1.48. The minimum Gasteiger partial charge on any atom is 2.00 e. The summed E-state index contributed by atoms with van der Waals surface area (Å²) in [7, 11) is -5.17. The minimum absolute atomic E-state index is 0. The van der Waals surface area contributed by atoms with Gasteiger partial charge in [0.25, 0.3) is 0 Å². The van der Waals surface area contributed by atoms with Crippen molar-refractivity contribution in [3.05, 3.63) is 0 Å². The standard InChI is InChI=1S/H2O4S.4O.5Pb/c1-5(2,3)4;;;;;;;;;/h(H2,1,2,3,4);;;;;;;;;/q;;;;;;;;;+2/p-2. The maximum Gasteiger partial charge on any atom is 2.00 e. The Kier molecular flexibility index (Phi) is 113. The van der Waals surface area contributed by atoms with Crippen LogP contribution in [0.4, 0.5) is 0 Å². The molecule has 0 saturated carbocycles. The molecule has 0 saturated heterocycles. The zero-order chi connectivity index (χ0) is 12.5. The fraction of sp³-hybridized carbons (Fsp3) is 0. The summed E-state index contributed by atoms with van der Waals surface area (Å²) in [6.07, 6.45) is 0. The van der Waals surface area contributed by atoms with Crippen LogP contribution in [0.5, 0.6) is 0 Å². The summed E-state index contributed by atoms with van der Waals surface area (Å²) in [6, 6.07) is 0. The third-order valence-corrected chi connectivity index (χ3v) is 0. The van der Waals surface area contributed by atoms with E-state index >= 15 is 0 Å². The van der Waals surface area contributed by atoms with E-state index < -0.39 is 10.4 Å². The molecule has 10 radical (unpaired) electrons. The number of hydrogen-bond donors (Lipinski definition) is 0. The Labute approximate surface area is 165 Å². The third kappa shape index (κ3) is 249. The summed E-state index contributed by atoms with van der Waals surface area (Å²) >= 11 is 0.222. The van der Waals surface area contributed by atoms with Gasteiger partial charge in [0.15, 0.2) is 0 Å². The molecule has 0 rings (SSSR count). The minimum atomic E-state index is -5.17. The molecule has 0 amide bonds. The first-order valence-corrected chi connectivity index (χ1v) is 9.16. The first kappa shape index (κ1) is 36.1. The monoisotopic (exact) mass is 1200 g/mol. The quantitative estimate of drug-likeness (QED) is 0.137. The molecule has 0 bridgehead atoms. The Bertz CT molecular complexity index is 137. The molecule has 74 valence electrons. The van der Waals surface area contributed by atoms with Crippen LogP contribution in [0.1, 0.15) is 0 Å². The van der Waals surface area contributed by atoms with Crippen LogP contribution in [-0.2, 0) is 21.1 Å². The molecule has 0 aromatic rings. The normalized spacial score (nSPS) is 5.29. The van der Waals surface area contributed by atoms with E-state index in [0.717, 1.165) is 0 Å². The summed E-state index contributed by atoms with van der Waals surface area (Å²) in [5, 5.41) is 0. The van der Waals surface area contributed by atoms with Gasteiger partial charge in [0.1, 0.15) is 0 Å². The zero-order valence-electron chi connectivity index (χ0n) is 6.17. The van der Waals surface area contributed by atoms with E-state index in [4.69, 9.17) is 28.3 Å². The van der Waals surface area contributed by atoms with E-state index in [-0.39, 0.29) is 130 Å². The van der Waals surface area contributed by atoms with Crippen molar-refractivity contribution in [1.29, 1.82) is 0 Å². The van der Waals surface area contributed by atoms with Crippen molar-refractivity contribution in [2.24, 2.45) is 0 Å². The molecule has 0 aromatic heterocycles. The van der Waals surface area contributed by atoms with Crippen molar-refractivity contribution in [2.75, 3.05) is 0 Å².